The third-order valence-corrected chi connectivity index (χ3v) is 4.52. The van der Waals surface area contributed by atoms with Crippen LogP contribution in [0, 0.1) is 0 Å². The minimum absolute atomic E-state index is 0.0416. The van der Waals surface area contributed by atoms with Crippen molar-refractivity contribution < 1.29 is 9.59 Å². The summed E-state index contributed by atoms with van der Waals surface area (Å²) in [7, 11) is 2.06. The molecule has 2 amide bonds. The molecule has 5 nitrogen and oxygen atoms in total. The van der Waals surface area contributed by atoms with Crippen molar-refractivity contribution in [3.8, 4) is 0 Å². The maximum absolute atomic E-state index is 12.5. The lowest BCUT2D eigenvalue weighted by atomic mass is 10.1. The molecule has 0 aromatic carbocycles. The molecular formula is C22H29N3O2. The Labute approximate surface area is 162 Å². The van der Waals surface area contributed by atoms with Gasteiger partial charge in [-0.2, -0.15) is 0 Å². The molecule has 1 aliphatic carbocycles. The Morgan fingerprint density at radius 2 is 1.96 bits per heavy atom. The normalized spacial score (nSPS) is 18.3. The number of hydrogen-bond acceptors (Lipinski definition) is 3. The van der Waals surface area contributed by atoms with Crippen LogP contribution in [0.25, 0.3) is 0 Å². The van der Waals surface area contributed by atoms with Crippen LogP contribution in [0.4, 0.5) is 0 Å². The average molecular weight is 367 g/mol. The maximum Gasteiger partial charge on any atom is 0.253 e. The van der Waals surface area contributed by atoms with Crippen molar-refractivity contribution in [1.82, 2.24) is 15.1 Å². The fourth-order valence-electron chi connectivity index (χ4n) is 2.81. The predicted octanol–water partition coefficient (Wildman–Crippen LogP) is 2.38. The molecule has 0 radical (unpaired) electrons. The van der Waals surface area contributed by atoms with Crippen molar-refractivity contribution in [2.24, 2.45) is 0 Å². The van der Waals surface area contributed by atoms with Crippen LogP contribution in [-0.4, -0.2) is 61.4 Å². The fourth-order valence-corrected chi connectivity index (χ4v) is 2.81. The van der Waals surface area contributed by atoms with Crippen molar-refractivity contribution in [1.29, 1.82) is 0 Å². The Kier molecular flexibility index (Phi) is 8.52. The Morgan fingerprint density at radius 1 is 1.19 bits per heavy atom. The zero-order valence-electron chi connectivity index (χ0n) is 16.1. The molecule has 1 N–H and O–H groups in total. The van der Waals surface area contributed by atoms with Crippen LogP contribution >= 0.6 is 0 Å². The minimum Gasteiger partial charge on any atom is -0.349 e. The van der Waals surface area contributed by atoms with Gasteiger partial charge in [0, 0.05) is 43.9 Å². The maximum atomic E-state index is 12.5. The Morgan fingerprint density at radius 3 is 2.70 bits per heavy atom. The standard InChI is InChI=1S/C22H29N3O2/c1-3-19(22(27)25-17-15-24(2)16-18-25)11-9-6-10-14-23-21(26)20-12-7-4-5-8-13-20/h3-4,6-8,10-13H,1,5,9,14-18H2,2H3,(H,23,26)/b10-6-,19-11+. The molecule has 5 heteroatoms. The van der Waals surface area contributed by atoms with E-state index in [0.29, 0.717) is 24.1 Å². The summed E-state index contributed by atoms with van der Waals surface area (Å²) in [5.41, 5.74) is 1.29. The van der Waals surface area contributed by atoms with Crippen LogP contribution in [0.5, 0.6) is 0 Å². The van der Waals surface area contributed by atoms with Gasteiger partial charge in [-0.25, -0.2) is 0 Å². The highest BCUT2D eigenvalue weighted by atomic mass is 16.2. The van der Waals surface area contributed by atoms with E-state index < -0.39 is 0 Å². The molecule has 0 spiro atoms. The number of allylic oxidation sites excluding steroid dienone is 6. The first-order chi connectivity index (χ1) is 13.1. The van der Waals surface area contributed by atoms with Crippen molar-refractivity contribution >= 4 is 11.8 Å². The number of nitrogens with one attached hydrogen (secondary N) is 1. The van der Waals surface area contributed by atoms with Gasteiger partial charge in [-0.1, -0.05) is 55.2 Å². The lowest BCUT2D eigenvalue weighted by molar-refractivity contribution is -0.128. The second kappa shape index (κ2) is 11.1. The molecule has 1 aliphatic heterocycles. The van der Waals surface area contributed by atoms with Gasteiger partial charge in [-0.3, -0.25) is 9.59 Å². The summed E-state index contributed by atoms with van der Waals surface area (Å²) in [6, 6.07) is 0. The highest BCUT2D eigenvalue weighted by Gasteiger charge is 2.20. The van der Waals surface area contributed by atoms with Crippen LogP contribution in [0.2, 0.25) is 0 Å². The van der Waals surface area contributed by atoms with Crippen molar-refractivity contribution in [2.45, 2.75) is 12.8 Å². The molecule has 1 saturated heterocycles. The lowest BCUT2D eigenvalue weighted by Gasteiger charge is -2.32. The number of carbonyl (C=O) groups excluding carboxylic acids is 2. The highest BCUT2D eigenvalue weighted by Crippen LogP contribution is 2.08. The third kappa shape index (κ3) is 6.87. The van der Waals surface area contributed by atoms with Crippen molar-refractivity contribution in [3.05, 3.63) is 72.4 Å². The molecule has 0 aromatic heterocycles. The first-order valence-corrected chi connectivity index (χ1v) is 9.39. The van der Waals surface area contributed by atoms with E-state index in [-0.39, 0.29) is 11.8 Å². The van der Waals surface area contributed by atoms with Crippen molar-refractivity contribution in [3.63, 3.8) is 0 Å². The summed E-state index contributed by atoms with van der Waals surface area (Å²) in [6.45, 7) is 7.52. The summed E-state index contributed by atoms with van der Waals surface area (Å²) in [4.78, 5) is 28.7. The number of amides is 2. The van der Waals surface area contributed by atoms with E-state index in [1.165, 1.54) is 0 Å². The molecule has 0 unspecified atom stereocenters. The van der Waals surface area contributed by atoms with E-state index >= 15 is 0 Å². The molecule has 144 valence electrons. The quantitative estimate of drug-likeness (QED) is 0.427. The zero-order chi connectivity index (χ0) is 19.5. The largest absolute Gasteiger partial charge is 0.349 e. The molecule has 2 aliphatic rings. The smallest absolute Gasteiger partial charge is 0.253 e. The summed E-state index contributed by atoms with van der Waals surface area (Å²) < 4.78 is 0. The van der Waals surface area contributed by atoms with Gasteiger partial charge in [0.25, 0.3) is 11.8 Å². The highest BCUT2D eigenvalue weighted by molar-refractivity contribution is 5.97. The van der Waals surface area contributed by atoms with E-state index in [1.54, 1.807) is 6.08 Å². The van der Waals surface area contributed by atoms with Crippen LogP contribution < -0.4 is 5.32 Å². The van der Waals surface area contributed by atoms with Crippen molar-refractivity contribution in [2.75, 3.05) is 39.8 Å². The van der Waals surface area contributed by atoms with Gasteiger partial charge in [0.05, 0.1) is 0 Å². The van der Waals surface area contributed by atoms with Crippen LogP contribution in [0.1, 0.15) is 12.8 Å². The minimum atomic E-state index is -0.0879. The molecule has 0 aromatic rings. The van der Waals surface area contributed by atoms with Crippen LogP contribution in [-0.2, 0) is 9.59 Å². The van der Waals surface area contributed by atoms with Crippen LogP contribution in [0.15, 0.2) is 72.4 Å². The molecule has 2 rings (SSSR count). The molecule has 1 heterocycles. The van der Waals surface area contributed by atoms with E-state index in [2.05, 4.69) is 23.8 Å². The SMILES string of the molecule is C=C/C(=C\C/C=C\CNC(=O)C1=CC=CCC=C1)C(=O)N1CCN(C)CC1. The molecule has 0 saturated carbocycles. The molecule has 27 heavy (non-hydrogen) atoms. The second-order valence-corrected chi connectivity index (χ2v) is 6.56. The number of rotatable bonds is 7. The van der Waals surface area contributed by atoms with Gasteiger partial charge in [-0.05, 0) is 26.0 Å². The Bertz CT molecular complexity index is 690. The van der Waals surface area contributed by atoms with Crippen LogP contribution in [0.3, 0.4) is 0 Å². The summed E-state index contributed by atoms with van der Waals surface area (Å²) >= 11 is 0. The first kappa shape index (κ1) is 20.6. The predicted molar refractivity (Wildman–Crippen MR) is 110 cm³/mol. The topological polar surface area (TPSA) is 52.7 Å². The molecule has 1 fully saturated rings. The number of hydrogen-bond donors (Lipinski definition) is 1. The number of likely N-dealkylation sites (N-methyl/N-ethyl adjacent to an activating group) is 1. The van der Waals surface area contributed by atoms with Gasteiger partial charge >= 0.3 is 0 Å². The van der Waals surface area contributed by atoms with E-state index in [1.807, 2.05) is 53.5 Å². The summed E-state index contributed by atoms with van der Waals surface area (Å²) in [6.07, 6.45) is 18.3. The number of piperazine rings is 1. The number of nitrogens with zero attached hydrogens (tertiary/aromatic N) is 2. The van der Waals surface area contributed by atoms with E-state index in [4.69, 9.17) is 0 Å². The average Bonchev–Trinajstić information content (AvgIpc) is 2.97. The first-order valence-electron chi connectivity index (χ1n) is 9.39. The molecular weight excluding hydrogens is 338 g/mol. The Balaban J connectivity index is 1.76. The van der Waals surface area contributed by atoms with E-state index in [0.717, 1.165) is 32.6 Å². The second-order valence-electron chi connectivity index (χ2n) is 6.56. The zero-order valence-corrected chi connectivity index (χ0v) is 16.1. The molecule has 0 bridgehead atoms. The van der Waals surface area contributed by atoms with Gasteiger partial charge in [0.1, 0.15) is 0 Å². The van der Waals surface area contributed by atoms with Gasteiger partial charge < -0.3 is 15.1 Å². The van der Waals surface area contributed by atoms with Gasteiger partial charge in [0.15, 0.2) is 0 Å². The number of carbonyl (C=O) groups is 2. The summed E-state index contributed by atoms with van der Waals surface area (Å²) in [5, 5.41) is 2.86. The summed E-state index contributed by atoms with van der Waals surface area (Å²) in [5.74, 6) is -0.0463. The van der Waals surface area contributed by atoms with Gasteiger partial charge in [0.2, 0.25) is 0 Å². The monoisotopic (exact) mass is 367 g/mol. The lowest BCUT2D eigenvalue weighted by Crippen LogP contribution is -2.47. The van der Waals surface area contributed by atoms with Gasteiger partial charge in [-0.15, -0.1) is 0 Å². The van der Waals surface area contributed by atoms with E-state index in [9.17, 15) is 9.59 Å². The molecule has 0 atom stereocenters. The fraction of sp³-hybridized carbons (Fsp3) is 0.364. The third-order valence-electron chi connectivity index (χ3n) is 4.52. The Hall–Kier alpha value is -2.66.